The molecule has 0 fully saturated rings. The van der Waals surface area contributed by atoms with Crippen LogP contribution in [0.3, 0.4) is 0 Å². The molecule has 6 nitrogen and oxygen atoms in total. The lowest BCUT2D eigenvalue weighted by atomic mass is 10.5. The van der Waals surface area contributed by atoms with Gasteiger partial charge >= 0.3 is 0 Å². The van der Waals surface area contributed by atoms with Gasteiger partial charge in [-0.05, 0) is 0 Å². The first kappa shape index (κ1) is 14.3. The van der Waals surface area contributed by atoms with E-state index in [1.807, 2.05) is 21.1 Å². The van der Waals surface area contributed by atoms with Crippen LogP contribution in [0.15, 0.2) is 0 Å². The number of rotatable bonds is 1. The van der Waals surface area contributed by atoms with Crippen molar-refractivity contribution in [3.05, 3.63) is 0 Å². The zero-order chi connectivity index (χ0) is 10.6. The van der Waals surface area contributed by atoms with Crippen molar-refractivity contribution >= 4 is 10.4 Å². The van der Waals surface area contributed by atoms with Crippen LogP contribution in [0.4, 0.5) is 0 Å². The summed E-state index contributed by atoms with van der Waals surface area (Å²) in [6.07, 6.45) is -0.264. The van der Waals surface area contributed by atoms with Crippen LogP contribution < -0.4 is 0 Å². The molecule has 0 radical (unpaired) electrons. The minimum atomic E-state index is -4.92. The first-order valence-corrected chi connectivity index (χ1v) is 4.48. The molecule has 2 N–H and O–H groups in total. The maximum atomic E-state index is 8.86. The summed E-state index contributed by atoms with van der Waals surface area (Å²) in [4.78, 5) is 0. The van der Waals surface area contributed by atoms with Gasteiger partial charge in [0.25, 0.3) is 0 Å². The molecule has 0 aromatic carbocycles. The third-order valence-electron chi connectivity index (χ3n) is 1.12. The van der Waals surface area contributed by atoms with Crippen molar-refractivity contribution in [3.8, 4) is 0 Å². The Hall–Kier alpha value is -0.210. The van der Waals surface area contributed by atoms with Gasteiger partial charge in [0.2, 0.25) is 10.4 Å². The van der Waals surface area contributed by atoms with Crippen LogP contribution >= 0.6 is 0 Å². The van der Waals surface area contributed by atoms with E-state index in [1.54, 1.807) is 6.92 Å². The van der Waals surface area contributed by atoms with Gasteiger partial charge in [0.05, 0.1) is 21.1 Å². The summed E-state index contributed by atoms with van der Waals surface area (Å²) >= 11 is 0. The topological polar surface area (TPSA) is 97.7 Å². The van der Waals surface area contributed by atoms with Crippen LogP contribution in [0.1, 0.15) is 6.92 Å². The number of aliphatic hydroxyl groups is 1. The average Bonchev–Trinajstić information content (AvgIpc) is 1.55. The van der Waals surface area contributed by atoms with Crippen LogP contribution in [0.2, 0.25) is 0 Å². The zero-order valence-electron chi connectivity index (χ0n) is 7.55. The highest BCUT2D eigenvalue weighted by Gasteiger charge is 2.12. The van der Waals surface area contributed by atoms with Gasteiger partial charge in [0, 0.05) is 6.92 Å². The van der Waals surface area contributed by atoms with E-state index in [0.29, 0.717) is 4.48 Å². The van der Waals surface area contributed by atoms with Crippen molar-refractivity contribution < 1.29 is 27.1 Å². The first-order chi connectivity index (χ1) is 4.94. The second-order valence-electron chi connectivity index (χ2n) is 3.18. The molecular formula is C5H15NO5S. The largest absolute Gasteiger partial charge is 0.726 e. The standard InChI is InChI=1S/C5H14NO.H2O4S/c1-5(7)6(2,3)4;1-5(2,3)4/h5,7H,1-4H3;(H2,1,2,3,4)/q+1;/p-1. The predicted molar refractivity (Wildman–Crippen MR) is 42.0 cm³/mol. The van der Waals surface area contributed by atoms with Crippen molar-refractivity contribution in [2.24, 2.45) is 0 Å². The number of hydrogen-bond acceptors (Lipinski definition) is 4. The molecule has 0 heterocycles. The Morgan fingerprint density at radius 2 is 1.42 bits per heavy atom. The summed E-state index contributed by atoms with van der Waals surface area (Å²) < 4.78 is 33.4. The second-order valence-corrected chi connectivity index (χ2v) is 4.03. The van der Waals surface area contributed by atoms with Crippen molar-refractivity contribution in [1.82, 2.24) is 0 Å². The molecule has 0 spiro atoms. The number of aliphatic hydroxyl groups excluding tert-OH is 1. The average molecular weight is 201 g/mol. The molecular weight excluding hydrogens is 186 g/mol. The van der Waals surface area contributed by atoms with Gasteiger partial charge in [0.15, 0.2) is 6.23 Å². The monoisotopic (exact) mass is 201 g/mol. The van der Waals surface area contributed by atoms with Gasteiger partial charge in [0.1, 0.15) is 0 Å². The van der Waals surface area contributed by atoms with Gasteiger partial charge in [-0.2, -0.15) is 0 Å². The summed E-state index contributed by atoms with van der Waals surface area (Å²) in [7, 11) is 0.931. The molecule has 0 aliphatic heterocycles. The van der Waals surface area contributed by atoms with Crippen molar-refractivity contribution in [2.45, 2.75) is 13.2 Å². The van der Waals surface area contributed by atoms with Gasteiger partial charge in [-0.15, -0.1) is 0 Å². The second kappa shape index (κ2) is 4.73. The molecule has 1 atom stereocenters. The highest BCUT2D eigenvalue weighted by molar-refractivity contribution is 7.79. The molecule has 0 aromatic rings. The molecule has 0 rings (SSSR count). The highest BCUT2D eigenvalue weighted by Crippen LogP contribution is 1.94. The Kier molecular flexibility index (Phi) is 5.64. The van der Waals surface area contributed by atoms with Crippen LogP contribution in [0.5, 0.6) is 0 Å². The Labute approximate surface area is 72.6 Å². The third-order valence-corrected chi connectivity index (χ3v) is 1.12. The van der Waals surface area contributed by atoms with Gasteiger partial charge in [-0.25, -0.2) is 8.42 Å². The van der Waals surface area contributed by atoms with Gasteiger partial charge in [-0.1, -0.05) is 0 Å². The van der Waals surface area contributed by atoms with Crippen molar-refractivity contribution in [3.63, 3.8) is 0 Å². The summed E-state index contributed by atoms with van der Waals surface area (Å²) in [5.41, 5.74) is 0. The predicted octanol–water partition coefficient (Wildman–Crippen LogP) is -0.964. The van der Waals surface area contributed by atoms with Crippen molar-refractivity contribution in [1.29, 1.82) is 0 Å². The smallest absolute Gasteiger partial charge is 0.215 e. The van der Waals surface area contributed by atoms with E-state index in [0.717, 1.165) is 0 Å². The first-order valence-electron chi connectivity index (χ1n) is 3.12. The lowest BCUT2D eigenvalue weighted by molar-refractivity contribution is -0.916. The fraction of sp³-hybridized carbons (Fsp3) is 1.00. The van der Waals surface area contributed by atoms with E-state index in [2.05, 4.69) is 0 Å². The summed E-state index contributed by atoms with van der Waals surface area (Å²) in [5.74, 6) is 0. The molecule has 0 aromatic heterocycles. The summed E-state index contributed by atoms with van der Waals surface area (Å²) in [6, 6.07) is 0. The SMILES string of the molecule is CC(O)[N+](C)(C)C.O=S(=O)([O-])O. The van der Waals surface area contributed by atoms with E-state index in [1.165, 1.54) is 0 Å². The summed E-state index contributed by atoms with van der Waals surface area (Å²) in [6.45, 7) is 1.78. The fourth-order valence-electron chi connectivity index (χ4n) is 0. The van der Waals surface area contributed by atoms with Gasteiger partial charge in [-0.3, -0.25) is 4.55 Å². The maximum absolute atomic E-state index is 8.86. The molecule has 0 saturated carbocycles. The Balaban J connectivity index is 0. The van der Waals surface area contributed by atoms with E-state index in [4.69, 9.17) is 22.6 Å². The fourth-order valence-corrected chi connectivity index (χ4v) is 0. The molecule has 0 amide bonds. The maximum Gasteiger partial charge on any atom is 0.215 e. The minimum absolute atomic E-state index is 0.264. The van der Waals surface area contributed by atoms with E-state index < -0.39 is 10.4 Å². The molecule has 7 heteroatoms. The Morgan fingerprint density at radius 1 is 1.33 bits per heavy atom. The quantitative estimate of drug-likeness (QED) is 0.246. The number of quaternary nitrogens is 1. The molecule has 1 unspecified atom stereocenters. The van der Waals surface area contributed by atoms with E-state index in [-0.39, 0.29) is 6.23 Å². The van der Waals surface area contributed by atoms with Crippen LogP contribution in [0, 0.1) is 0 Å². The van der Waals surface area contributed by atoms with Gasteiger partial charge < -0.3 is 14.1 Å². The Bertz CT molecular complexity index is 194. The van der Waals surface area contributed by atoms with Crippen LogP contribution in [-0.2, 0) is 10.4 Å². The molecule has 0 aliphatic carbocycles. The minimum Gasteiger partial charge on any atom is -0.726 e. The van der Waals surface area contributed by atoms with E-state index in [9.17, 15) is 0 Å². The molecule has 0 aliphatic rings. The molecule has 12 heavy (non-hydrogen) atoms. The van der Waals surface area contributed by atoms with Crippen molar-refractivity contribution in [2.75, 3.05) is 21.1 Å². The normalized spacial score (nSPS) is 14.6. The zero-order valence-corrected chi connectivity index (χ0v) is 8.37. The van der Waals surface area contributed by atoms with Crippen LogP contribution in [-0.4, -0.2) is 54.5 Å². The lowest BCUT2D eigenvalue weighted by Gasteiger charge is -2.26. The molecule has 0 saturated heterocycles. The Morgan fingerprint density at radius 3 is 1.42 bits per heavy atom. The number of hydrogen-bond donors (Lipinski definition) is 2. The van der Waals surface area contributed by atoms with E-state index >= 15 is 0 Å². The summed E-state index contributed by atoms with van der Waals surface area (Å²) in [5, 5.41) is 8.86. The molecule has 0 bridgehead atoms. The molecule has 76 valence electrons. The third kappa shape index (κ3) is 22.6. The highest BCUT2D eigenvalue weighted by atomic mass is 32.3. The van der Waals surface area contributed by atoms with Crippen LogP contribution in [0.25, 0.3) is 0 Å². The number of nitrogens with zero attached hydrogens (tertiary/aromatic N) is 1. The lowest BCUT2D eigenvalue weighted by Crippen LogP contribution is -2.42.